The Morgan fingerprint density at radius 2 is 1.86 bits per heavy atom. The van der Waals surface area contributed by atoms with E-state index in [-0.39, 0.29) is 0 Å². The van der Waals surface area contributed by atoms with E-state index in [1.807, 2.05) is 0 Å². The lowest BCUT2D eigenvalue weighted by Crippen LogP contribution is -2.40. The molecule has 0 bridgehead atoms. The maximum Gasteiger partial charge on any atom is 0.0498 e. The number of hydrogen-bond donors (Lipinski definition) is 1. The predicted molar refractivity (Wildman–Crippen MR) is 92.3 cm³/mol. The van der Waals surface area contributed by atoms with Crippen LogP contribution in [0.5, 0.6) is 0 Å². The van der Waals surface area contributed by atoms with E-state index in [2.05, 4.69) is 23.5 Å². The standard InChI is InChI=1S/C17H34N2OS/c1-3-15(2)19-16-10-7-5-4-6-8-11-17(14-16)21(20)13-9-12-18-21/h15-17,19H,3-14H2,1-2H3. The zero-order valence-corrected chi connectivity index (χ0v) is 14.8. The molecule has 4 heteroatoms. The summed E-state index contributed by atoms with van der Waals surface area (Å²) in [6.45, 7) is 5.34. The van der Waals surface area contributed by atoms with Gasteiger partial charge in [-0.3, -0.25) is 0 Å². The maximum atomic E-state index is 13.1. The molecule has 1 heterocycles. The molecule has 0 aromatic heterocycles. The van der Waals surface area contributed by atoms with Crippen molar-refractivity contribution in [3.63, 3.8) is 0 Å². The van der Waals surface area contributed by atoms with Crippen LogP contribution in [0.3, 0.4) is 0 Å². The van der Waals surface area contributed by atoms with E-state index in [0.717, 1.165) is 31.6 Å². The molecule has 1 aliphatic heterocycles. The molecule has 124 valence electrons. The van der Waals surface area contributed by atoms with Crippen LogP contribution in [-0.4, -0.2) is 33.8 Å². The highest BCUT2D eigenvalue weighted by Gasteiger charge is 2.29. The van der Waals surface area contributed by atoms with Crippen molar-refractivity contribution in [3.05, 3.63) is 0 Å². The van der Waals surface area contributed by atoms with Gasteiger partial charge in [0.05, 0.1) is 0 Å². The Hall–Kier alpha value is -0.0900. The molecule has 2 rings (SSSR count). The number of hydrogen-bond acceptors (Lipinski definition) is 3. The number of nitrogens with one attached hydrogen (secondary N) is 1. The maximum absolute atomic E-state index is 13.1. The Balaban J connectivity index is 2.06. The van der Waals surface area contributed by atoms with E-state index in [1.54, 1.807) is 0 Å². The Morgan fingerprint density at radius 3 is 2.52 bits per heavy atom. The van der Waals surface area contributed by atoms with Crippen molar-refractivity contribution in [2.45, 2.75) is 95.4 Å². The van der Waals surface area contributed by atoms with E-state index < -0.39 is 9.73 Å². The third-order valence-electron chi connectivity index (χ3n) is 5.18. The summed E-state index contributed by atoms with van der Waals surface area (Å²) in [6, 6.07) is 1.11. The zero-order valence-electron chi connectivity index (χ0n) is 14.0. The minimum atomic E-state index is -1.91. The largest absolute Gasteiger partial charge is 0.311 e. The van der Waals surface area contributed by atoms with Crippen LogP contribution in [0, 0.1) is 0 Å². The molecule has 1 N–H and O–H groups in total. The molecule has 1 fully saturated rings. The van der Waals surface area contributed by atoms with E-state index in [0.29, 0.717) is 17.3 Å². The Morgan fingerprint density at radius 1 is 1.14 bits per heavy atom. The quantitative estimate of drug-likeness (QED) is 0.848. The fourth-order valence-corrected chi connectivity index (χ4v) is 6.40. The van der Waals surface area contributed by atoms with Crippen molar-refractivity contribution in [1.29, 1.82) is 0 Å². The van der Waals surface area contributed by atoms with Gasteiger partial charge in [-0.15, -0.1) is 0 Å². The Kier molecular flexibility index (Phi) is 7.00. The topological polar surface area (TPSA) is 41.5 Å². The average molecular weight is 315 g/mol. The van der Waals surface area contributed by atoms with Crippen LogP contribution >= 0.6 is 0 Å². The summed E-state index contributed by atoms with van der Waals surface area (Å²) < 4.78 is 17.7. The van der Waals surface area contributed by atoms with Gasteiger partial charge in [-0.05, 0) is 39.0 Å². The van der Waals surface area contributed by atoms with Gasteiger partial charge in [0, 0.05) is 39.4 Å². The minimum Gasteiger partial charge on any atom is -0.311 e. The fourth-order valence-electron chi connectivity index (χ4n) is 3.68. The van der Waals surface area contributed by atoms with Crippen molar-refractivity contribution < 1.29 is 4.21 Å². The predicted octanol–water partition coefficient (Wildman–Crippen LogP) is 4.12. The lowest BCUT2D eigenvalue weighted by atomic mass is 9.96. The Bertz CT molecular complexity index is 415. The first-order valence-electron chi connectivity index (χ1n) is 9.09. The second-order valence-corrected chi connectivity index (χ2v) is 9.69. The third kappa shape index (κ3) is 5.24. The summed E-state index contributed by atoms with van der Waals surface area (Å²) in [5.41, 5.74) is 0. The molecule has 2 aliphatic rings. The number of rotatable bonds is 4. The molecule has 0 aromatic rings. The number of nitrogens with zero attached hydrogens (tertiary/aromatic N) is 1. The van der Waals surface area contributed by atoms with Gasteiger partial charge < -0.3 is 5.32 Å². The summed E-state index contributed by atoms with van der Waals surface area (Å²) in [4.78, 5) is 0. The summed E-state index contributed by atoms with van der Waals surface area (Å²) in [6.07, 6.45) is 12.2. The van der Waals surface area contributed by atoms with Crippen molar-refractivity contribution >= 4 is 9.73 Å². The van der Waals surface area contributed by atoms with Gasteiger partial charge in [0.2, 0.25) is 0 Å². The van der Waals surface area contributed by atoms with Crippen LogP contribution < -0.4 is 5.32 Å². The first kappa shape index (κ1) is 17.3. The summed E-state index contributed by atoms with van der Waals surface area (Å²) >= 11 is 0. The smallest absolute Gasteiger partial charge is 0.0498 e. The molecule has 1 aliphatic carbocycles. The van der Waals surface area contributed by atoms with Gasteiger partial charge in [-0.2, -0.15) is 0 Å². The molecule has 1 saturated carbocycles. The second kappa shape index (κ2) is 8.52. The summed E-state index contributed by atoms with van der Waals surface area (Å²) in [7, 11) is -1.91. The van der Waals surface area contributed by atoms with Crippen molar-refractivity contribution in [1.82, 2.24) is 5.32 Å². The molecule has 0 saturated heterocycles. The van der Waals surface area contributed by atoms with Gasteiger partial charge >= 0.3 is 0 Å². The van der Waals surface area contributed by atoms with Gasteiger partial charge in [-0.1, -0.05) is 39.0 Å². The molecular formula is C17H34N2OS. The first-order valence-corrected chi connectivity index (χ1v) is 10.8. The lowest BCUT2D eigenvalue weighted by molar-refractivity contribution is 0.365. The summed E-state index contributed by atoms with van der Waals surface area (Å²) in [5.74, 6) is 0.855. The molecule has 21 heavy (non-hydrogen) atoms. The molecular weight excluding hydrogens is 280 g/mol. The lowest BCUT2D eigenvalue weighted by Gasteiger charge is -2.29. The SMILES string of the molecule is CCC(C)NC1CCCCCCCC(S2(=O)=NCCC2)C1. The minimum absolute atomic E-state index is 0.333. The van der Waals surface area contributed by atoms with Gasteiger partial charge in [0.1, 0.15) is 0 Å². The van der Waals surface area contributed by atoms with Crippen LogP contribution in [0.25, 0.3) is 0 Å². The average Bonchev–Trinajstić information content (AvgIpc) is 2.93. The van der Waals surface area contributed by atoms with Gasteiger partial charge in [0.25, 0.3) is 0 Å². The fraction of sp³-hybridized carbons (Fsp3) is 1.00. The molecule has 3 nitrogen and oxygen atoms in total. The molecule has 0 spiro atoms. The highest BCUT2D eigenvalue weighted by Crippen LogP contribution is 2.27. The molecule has 0 aromatic carbocycles. The van der Waals surface area contributed by atoms with Crippen molar-refractivity contribution in [2.24, 2.45) is 4.36 Å². The highest BCUT2D eigenvalue weighted by atomic mass is 32.2. The Labute approximate surface area is 131 Å². The van der Waals surface area contributed by atoms with Crippen LogP contribution in [0.4, 0.5) is 0 Å². The molecule has 0 amide bonds. The van der Waals surface area contributed by atoms with E-state index in [4.69, 9.17) is 0 Å². The van der Waals surface area contributed by atoms with Crippen molar-refractivity contribution in [3.8, 4) is 0 Å². The second-order valence-electron chi connectivity index (χ2n) is 6.98. The monoisotopic (exact) mass is 314 g/mol. The van der Waals surface area contributed by atoms with Crippen LogP contribution in [0.15, 0.2) is 4.36 Å². The van der Waals surface area contributed by atoms with Gasteiger partial charge in [0.15, 0.2) is 0 Å². The van der Waals surface area contributed by atoms with E-state index >= 15 is 0 Å². The first-order chi connectivity index (χ1) is 10.1. The van der Waals surface area contributed by atoms with Crippen LogP contribution in [0.2, 0.25) is 0 Å². The van der Waals surface area contributed by atoms with E-state index in [1.165, 1.54) is 44.9 Å². The van der Waals surface area contributed by atoms with Crippen LogP contribution in [0.1, 0.15) is 78.1 Å². The summed E-state index contributed by atoms with van der Waals surface area (Å²) in [5, 5.41) is 4.12. The third-order valence-corrected chi connectivity index (χ3v) is 8.15. The molecule has 4 atom stereocenters. The molecule has 4 unspecified atom stereocenters. The molecule has 0 radical (unpaired) electrons. The van der Waals surface area contributed by atoms with Gasteiger partial charge in [-0.25, -0.2) is 8.57 Å². The van der Waals surface area contributed by atoms with E-state index in [9.17, 15) is 4.21 Å². The zero-order chi connectivity index (χ0) is 15.1. The highest BCUT2D eigenvalue weighted by molar-refractivity contribution is 7.94. The van der Waals surface area contributed by atoms with Crippen molar-refractivity contribution in [2.75, 3.05) is 12.3 Å². The van der Waals surface area contributed by atoms with Crippen LogP contribution in [-0.2, 0) is 9.73 Å². The normalized spacial score (nSPS) is 36.9.